The van der Waals surface area contributed by atoms with Crippen molar-refractivity contribution >= 4 is 40.4 Å². The number of carbonyl (C=O) groups excluding carboxylic acids is 1. The minimum atomic E-state index is -1.55. The fourth-order valence-electron chi connectivity index (χ4n) is 3.31. The van der Waals surface area contributed by atoms with E-state index in [1.165, 1.54) is 12.1 Å². The first-order valence-electron chi connectivity index (χ1n) is 10.00. The Labute approximate surface area is 193 Å². The third-order valence-electron chi connectivity index (χ3n) is 4.92. The third-order valence-corrected chi connectivity index (χ3v) is 4.92. The zero-order valence-electron chi connectivity index (χ0n) is 17.8. The maximum Gasteiger partial charge on any atom is 0.326 e. The van der Waals surface area contributed by atoms with Crippen LogP contribution < -0.4 is 21.5 Å². The number of hydrogen-bond acceptors (Lipinski definition) is 7. The quantitative estimate of drug-likeness (QED) is 0.287. The Balaban J connectivity index is 1.79. The molecule has 6 N–H and O–H groups in total. The lowest BCUT2D eigenvalue weighted by Crippen LogP contribution is -2.42. The SMILES string of the molecule is C#CCN(Cc1ccc2nc(N)[nH]c(=O)c2c1)c1ccc(C(=O)NC(CC(=O)O)C(=O)O)cc1. The summed E-state index contributed by atoms with van der Waals surface area (Å²) in [5.41, 5.74) is 7.31. The van der Waals surface area contributed by atoms with Crippen molar-refractivity contribution in [3.8, 4) is 12.3 Å². The average Bonchev–Trinajstić information content (AvgIpc) is 2.78. The number of aromatic amines is 1. The zero-order chi connectivity index (χ0) is 24.8. The standard InChI is InChI=1S/C23H21N5O6/c1-2-9-28(12-13-3-8-17-16(10-13)21(32)27-23(24)26-17)15-6-4-14(5-7-15)20(31)25-18(22(33)34)11-19(29)30/h1,3-8,10,18H,9,11-12H2,(H,25,31)(H,29,30)(H,33,34)(H3,24,26,27,32). The first-order chi connectivity index (χ1) is 16.2. The van der Waals surface area contributed by atoms with Crippen LogP contribution >= 0.6 is 0 Å². The molecule has 11 heteroatoms. The van der Waals surface area contributed by atoms with Crippen LogP contribution in [0.4, 0.5) is 11.6 Å². The molecule has 1 unspecified atom stereocenters. The van der Waals surface area contributed by atoms with E-state index in [-0.39, 0.29) is 23.6 Å². The van der Waals surface area contributed by atoms with Crippen LogP contribution in [0, 0.1) is 12.3 Å². The summed E-state index contributed by atoms with van der Waals surface area (Å²) in [4.78, 5) is 54.9. The molecule has 0 aliphatic carbocycles. The number of nitrogens with two attached hydrogens (primary N) is 1. The summed E-state index contributed by atoms with van der Waals surface area (Å²) in [7, 11) is 0. The summed E-state index contributed by atoms with van der Waals surface area (Å²) < 4.78 is 0. The van der Waals surface area contributed by atoms with E-state index in [4.69, 9.17) is 22.4 Å². The van der Waals surface area contributed by atoms with Crippen LogP contribution in [0.5, 0.6) is 0 Å². The van der Waals surface area contributed by atoms with Crippen LogP contribution in [-0.2, 0) is 16.1 Å². The number of benzene rings is 2. The Kier molecular flexibility index (Phi) is 7.13. The van der Waals surface area contributed by atoms with E-state index in [0.29, 0.717) is 23.1 Å². The predicted molar refractivity (Wildman–Crippen MR) is 124 cm³/mol. The normalized spacial score (nSPS) is 11.4. The van der Waals surface area contributed by atoms with Gasteiger partial charge in [0, 0.05) is 17.8 Å². The number of H-pyrrole nitrogens is 1. The molecular weight excluding hydrogens is 442 g/mol. The van der Waals surface area contributed by atoms with E-state index in [1.54, 1.807) is 30.3 Å². The molecule has 1 amide bonds. The minimum absolute atomic E-state index is 0.0287. The Morgan fingerprint density at radius 1 is 1.18 bits per heavy atom. The van der Waals surface area contributed by atoms with Gasteiger partial charge in [0.1, 0.15) is 6.04 Å². The molecule has 1 aromatic heterocycles. The van der Waals surface area contributed by atoms with Crippen molar-refractivity contribution in [2.45, 2.75) is 19.0 Å². The molecule has 0 spiro atoms. The fourth-order valence-corrected chi connectivity index (χ4v) is 3.31. The Morgan fingerprint density at radius 2 is 1.88 bits per heavy atom. The van der Waals surface area contributed by atoms with Gasteiger partial charge in [0.15, 0.2) is 0 Å². The minimum Gasteiger partial charge on any atom is -0.481 e. The van der Waals surface area contributed by atoms with Gasteiger partial charge < -0.3 is 26.2 Å². The van der Waals surface area contributed by atoms with E-state index < -0.39 is 30.3 Å². The summed E-state index contributed by atoms with van der Waals surface area (Å²) in [6.45, 7) is 0.592. The molecule has 2 aromatic carbocycles. The van der Waals surface area contributed by atoms with Crippen molar-refractivity contribution in [3.05, 3.63) is 63.9 Å². The van der Waals surface area contributed by atoms with Crippen molar-refractivity contribution in [1.82, 2.24) is 15.3 Å². The number of terminal acetylenes is 1. The van der Waals surface area contributed by atoms with Crippen molar-refractivity contribution in [1.29, 1.82) is 0 Å². The summed E-state index contributed by atoms with van der Waals surface area (Å²) in [5, 5.41) is 20.5. The van der Waals surface area contributed by atoms with Gasteiger partial charge in [-0.1, -0.05) is 12.0 Å². The molecule has 3 rings (SSSR count). The molecule has 11 nitrogen and oxygen atoms in total. The van der Waals surface area contributed by atoms with Gasteiger partial charge in [0.25, 0.3) is 11.5 Å². The van der Waals surface area contributed by atoms with Crippen LogP contribution in [0.15, 0.2) is 47.3 Å². The number of carboxylic acids is 2. The highest BCUT2D eigenvalue weighted by molar-refractivity contribution is 5.97. The topological polar surface area (TPSA) is 179 Å². The molecule has 0 radical (unpaired) electrons. The van der Waals surface area contributed by atoms with Gasteiger partial charge in [-0.3, -0.25) is 19.4 Å². The molecule has 3 aromatic rings. The van der Waals surface area contributed by atoms with E-state index in [0.717, 1.165) is 5.56 Å². The van der Waals surface area contributed by atoms with Gasteiger partial charge >= 0.3 is 11.9 Å². The number of rotatable bonds is 9. The summed E-state index contributed by atoms with van der Waals surface area (Å²) in [5.74, 6) is -0.913. The van der Waals surface area contributed by atoms with Gasteiger partial charge in [-0.05, 0) is 42.0 Å². The predicted octanol–water partition coefficient (Wildman–Crippen LogP) is 0.803. The monoisotopic (exact) mass is 463 g/mol. The van der Waals surface area contributed by atoms with Crippen LogP contribution in [-0.4, -0.2) is 50.6 Å². The second-order valence-corrected chi connectivity index (χ2v) is 7.37. The van der Waals surface area contributed by atoms with Crippen molar-refractivity contribution in [3.63, 3.8) is 0 Å². The van der Waals surface area contributed by atoms with Gasteiger partial charge in [-0.2, -0.15) is 0 Å². The zero-order valence-corrected chi connectivity index (χ0v) is 17.8. The molecular formula is C23H21N5O6. The van der Waals surface area contributed by atoms with Gasteiger partial charge in [-0.25, -0.2) is 9.78 Å². The summed E-state index contributed by atoms with van der Waals surface area (Å²) in [6, 6.07) is 9.85. The number of aliphatic carboxylic acids is 2. The molecule has 0 aliphatic heterocycles. The molecule has 0 fully saturated rings. The average molecular weight is 463 g/mol. The maximum absolute atomic E-state index is 12.4. The molecule has 0 bridgehead atoms. The number of amides is 1. The molecule has 0 saturated heterocycles. The van der Waals surface area contributed by atoms with E-state index in [2.05, 4.69) is 21.2 Å². The number of fused-ring (bicyclic) bond motifs is 1. The van der Waals surface area contributed by atoms with Crippen molar-refractivity contribution in [2.75, 3.05) is 17.2 Å². The smallest absolute Gasteiger partial charge is 0.326 e. The van der Waals surface area contributed by atoms with Gasteiger partial charge in [-0.15, -0.1) is 6.42 Å². The Hall–Kier alpha value is -4.85. The molecule has 1 heterocycles. The van der Waals surface area contributed by atoms with E-state index in [9.17, 15) is 19.2 Å². The van der Waals surface area contributed by atoms with Crippen molar-refractivity contribution < 1.29 is 24.6 Å². The summed E-state index contributed by atoms with van der Waals surface area (Å²) >= 11 is 0. The lowest BCUT2D eigenvalue weighted by atomic mass is 10.1. The van der Waals surface area contributed by atoms with Crippen LogP contribution in [0.3, 0.4) is 0 Å². The number of nitrogens with zero attached hydrogens (tertiary/aromatic N) is 2. The molecule has 1 atom stereocenters. The number of nitrogens with one attached hydrogen (secondary N) is 2. The first kappa shape index (κ1) is 23.8. The van der Waals surface area contributed by atoms with Crippen LogP contribution in [0.2, 0.25) is 0 Å². The van der Waals surface area contributed by atoms with E-state index >= 15 is 0 Å². The lowest BCUT2D eigenvalue weighted by molar-refractivity contribution is -0.145. The number of carbonyl (C=O) groups is 3. The molecule has 34 heavy (non-hydrogen) atoms. The second-order valence-electron chi connectivity index (χ2n) is 7.37. The highest BCUT2D eigenvalue weighted by atomic mass is 16.4. The van der Waals surface area contributed by atoms with Crippen LogP contribution in [0.1, 0.15) is 22.3 Å². The Morgan fingerprint density at radius 3 is 2.50 bits per heavy atom. The molecule has 0 aliphatic rings. The van der Waals surface area contributed by atoms with Crippen molar-refractivity contribution in [2.24, 2.45) is 0 Å². The highest BCUT2D eigenvalue weighted by Crippen LogP contribution is 2.20. The third kappa shape index (κ3) is 5.68. The number of aromatic nitrogens is 2. The lowest BCUT2D eigenvalue weighted by Gasteiger charge is -2.23. The molecule has 174 valence electrons. The number of anilines is 2. The highest BCUT2D eigenvalue weighted by Gasteiger charge is 2.23. The summed E-state index contributed by atoms with van der Waals surface area (Å²) in [6.07, 6.45) is 4.77. The van der Waals surface area contributed by atoms with E-state index in [1.807, 2.05) is 4.90 Å². The number of hydrogen-bond donors (Lipinski definition) is 5. The van der Waals surface area contributed by atoms with Gasteiger partial charge in [0.05, 0.1) is 23.9 Å². The van der Waals surface area contributed by atoms with Crippen LogP contribution in [0.25, 0.3) is 10.9 Å². The molecule has 0 saturated carbocycles. The first-order valence-corrected chi connectivity index (χ1v) is 10.00. The number of carboxylic acid groups (broad SMARTS) is 2. The fraction of sp³-hybridized carbons (Fsp3) is 0.174. The maximum atomic E-state index is 12.4. The number of nitrogen functional groups attached to an aromatic ring is 1. The second kappa shape index (κ2) is 10.2. The Bertz CT molecular complexity index is 1340. The van der Waals surface area contributed by atoms with Gasteiger partial charge in [0.2, 0.25) is 5.95 Å². The largest absolute Gasteiger partial charge is 0.481 e.